The molecule has 0 saturated carbocycles. The maximum atomic E-state index is 10.7. The van der Waals surface area contributed by atoms with Gasteiger partial charge in [-0.1, -0.05) is 110 Å². The molecule has 0 rings (SSSR count). The Labute approximate surface area is 151 Å². The highest BCUT2D eigenvalue weighted by molar-refractivity contribution is 5.67. The van der Waals surface area contributed by atoms with Crippen LogP contribution < -0.4 is 0 Å². The van der Waals surface area contributed by atoms with E-state index in [1.807, 2.05) is 0 Å². The lowest BCUT2D eigenvalue weighted by Crippen LogP contribution is -1.97. The normalized spacial score (nSPS) is 10.8. The molecule has 0 aliphatic heterocycles. The Bertz CT molecular complexity index is 296. The highest BCUT2D eigenvalue weighted by Gasteiger charge is 1.99. The van der Waals surface area contributed by atoms with Crippen molar-refractivity contribution in [2.75, 3.05) is 0 Å². The van der Waals surface area contributed by atoms with E-state index in [1.165, 1.54) is 103 Å². The number of unbranched alkanes of at least 4 members (excludes halogenated alkanes) is 15. The molecule has 0 fully saturated rings. The third-order valence-corrected chi connectivity index (χ3v) is 4.60. The molecule has 0 aliphatic carbocycles. The van der Waals surface area contributed by atoms with Gasteiger partial charge in [0.2, 0.25) is 0 Å². The van der Waals surface area contributed by atoms with Gasteiger partial charge in [0.05, 0.1) is 0 Å². The van der Waals surface area contributed by atoms with Gasteiger partial charge in [0, 0.05) is 13.3 Å². The first kappa shape index (κ1) is 23.2. The monoisotopic (exact) mass is 338 g/mol. The molecule has 0 aromatic rings. The van der Waals surface area contributed by atoms with Crippen molar-refractivity contribution in [3.8, 4) is 0 Å². The van der Waals surface area contributed by atoms with E-state index < -0.39 is 0 Å². The van der Waals surface area contributed by atoms with Crippen LogP contribution >= 0.6 is 0 Å². The van der Waals surface area contributed by atoms with Gasteiger partial charge in [-0.25, -0.2) is 0 Å². The van der Waals surface area contributed by atoms with Crippen LogP contribution in [0.3, 0.4) is 0 Å². The van der Waals surface area contributed by atoms with Crippen molar-refractivity contribution in [3.63, 3.8) is 0 Å². The maximum absolute atomic E-state index is 10.7. The SMILES string of the molecule is C=C(CCCCCCCCCCCCCCCCCC)OC(C)=O. The molecule has 0 amide bonds. The van der Waals surface area contributed by atoms with Gasteiger partial charge in [-0.15, -0.1) is 0 Å². The number of carbonyl (C=O) groups excluding carboxylic acids is 1. The van der Waals surface area contributed by atoms with E-state index in [0.29, 0.717) is 5.76 Å². The summed E-state index contributed by atoms with van der Waals surface area (Å²) in [6.07, 6.45) is 22.8. The van der Waals surface area contributed by atoms with Gasteiger partial charge in [0.15, 0.2) is 0 Å². The lowest BCUT2D eigenvalue weighted by atomic mass is 10.0. The van der Waals surface area contributed by atoms with Gasteiger partial charge in [-0.2, -0.15) is 0 Å². The molecular weight excluding hydrogens is 296 g/mol. The number of hydrogen-bond acceptors (Lipinski definition) is 2. The van der Waals surface area contributed by atoms with Crippen LogP contribution in [0.1, 0.15) is 123 Å². The first-order valence-corrected chi connectivity index (χ1v) is 10.5. The molecule has 0 radical (unpaired) electrons. The third-order valence-electron chi connectivity index (χ3n) is 4.60. The molecule has 0 aliphatic rings. The summed E-state index contributed by atoms with van der Waals surface area (Å²) < 4.78 is 4.94. The summed E-state index contributed by atoms with van der Waals surface area (Å²) >= 11 is 0. The summed E-state index contributed by atoms with van der Waals surface area (Å²) in [5.41, 5.74) is 0. The van der Waals surface area contributed by atoms with E-state index in [4.69, 9.17) is 4.74 Å². The standard InChI is InChI=1S/C22H42O2/c1-4-5-6-7-8-9-10-11-12-13-14-15-16-17-18-19-20-21(2)24-22(3)23/h2,4-20H2,1,3H3. The summed E-state index contributed by atoms with van der Waals surface area (Å²) in [4.78, 5) is 10.7. The molecule has 0 N–H and O–H groups in total. The highest BCUT2D eigenvalue weighted by atomic mass is 16.5. The van der Waals surface area contributed by atoms with Crippen molar-refractivity contribution in [1.82, 2.24) is 0 Å². The van der Waals surface area contributed by atoms with Crippen molar-refractivity contribution in [2.45, 2.75) is 123 Å². The first-order chi connectivity index (χ1) is 11.7. The molecular formula is C22H42O2. The molecule has 0 spiro atoms. The van der Waals surface area contributed by atoms with Crippen LogP contribution in [0.15, 0.2) is 12.3 Å². The van der Waals surface area contributed by atoms with Crippen LogP contribution in [0.5, 0.6) is 0 Å². The van der Waals surface area contributed by atoms with E-state index in [-0.39, 0.29) is 5.97 Å². The Hall–Kier alpha value is -0.790. The second-order valence-corrected chi connectivity index (χ2v) is 7.19. The highest BCUT2D eigenvalue weighted by Crippen LogP contribution is 2.15. The molecule has 0 heterocycles. The Balaban J connectivity index is 3.07. The van der Waals surface area contributed by atoms with Crippen molar-refractivity contribution in [2.24, 2.45) is 0 Å². The van der Waals surface area contributed by atoms with Gasteiger partial charge in [-0.3, -0.25) is 4.79 Å². The van der Waals surface area contributed by atoms with Gasteiger partial charge < -0.3 is 4.74 Å². The van der Waals surface area contributed by atoms with Gasteiger partial charge in [0.25, 0.3) is 0 Å². The summed E-state index contributed by atoms with van der Waals surface area (Å²) in [5.74, 6) is 0.365. The summed E-state index contributed by atoms with van der Waals surface area (Å²) in [7, 11) is 0. The quantitative estimate of drug-likeness (QED) is 0.145. The Morgan fingerprint density at radius 1 is 0.667 bits per heavy atom. The second kappa shape index (κ2) is 18.5. The van der Waals surface area contributed by atoms with Crippen molar-refractivity contribution in [1.29, 1.82) is 0 Å². The molecule has 0 saturated heterocycles. The number of esters is 1. The number of rotatable bonds is 18. The Morgan fingerprint density at radius 3 is 1.33 bits per heavy atom. The molecule has 0 aromatic heterocycles. The number of carbonyl (C=O) groups is 1. The Morgan fingerprint density at radius 2 is 1.00 bits per heavy atom. The van der Waals surface area contributed by atoms with Crippen LogP contribution in [0, 0.1) is 0 Å². The van der Waals surface area contributed by atoms with E-state index in [9.17, 15) is 4.79 Å². The molecule has 2 heteroatoms. The van der Waals surface area contributed by atoms with Gasteiger partial charge in [-0.05, 0) is 6.42 Å². The smallest absolute Gasteiger partial charge is 0.307 e. The fourth-order valence-electron chi connectivity index (χ4n) is 3.12. The second-order valence-electron chi connectivity index (χ2n) is 7.19. The van der Waals surface area contributed by atoms with E-state index in [0.717, 1.165) is 12.8 Å². The van der Waals surface area contributed by atoms with Crippen LogP contribution in [0.2, 0.25) is 0 Å². The zero-order valence-electron chi connectivity index (χ0n) is 16.5. The molecule has 142 valence electrons. The van der Waals surface area contributed by atoms with E-state index in [1.54, 1.807) is 0 Å². The van der Waals surface area contributed by atoms with Crippen molar-refractivity contribution >= 4 is 5.97 Å². The third kappa shape index (κ3) is 19.3. The topological polar surface area (TPSA) is 26.3 Å². The number of ether oxygens (including phenoxy) is 1. The average Bonchev–Trinajstić information content (AvgIpc) is 2.53. The van der Waals surface area contributed by atoms with Crippen LogP contribution in [0.4, 0.5) is 0 Å². The zero-order chi connectivity index (χ0) is 17.9. The molecule has 0 bridgehead atoms. The summed E-state index contributed by atoms with van der Waals surface area (Å²) in [6, 6.07) is 0. The van der Waals surface area contributed by atoms with E-state index in [2.05, 4.69) is 13.5 Å². The Kier molecular flexibility index (Phi) is 17.9. The minimum atomic E-state index is -0.253. The van der Waals surface area contributed by atoms with Crippen molar-refractivity contribution < 1.29 is 9.53 Å². The van der Waals surface area contributed by atoms with Crippen LogP contribution in [-0.2, 0) is 9.53 Å². The predicted molar refractivity (Wildman–Crippen MR) is 105 cm³/mol. The van der Waals surface area contributed by atoms with Gasteiger partial charge >= 0.3 is 5.97 Å². The average molecular weight is 339 g/mol. The van der Waals surface area contributed by atoms with E-state index >= 15 is 0 Å². The lowest BCUT2D eigenvalue weighted by Gasteiger charge is -2.05. The summed E-state index contributed by atoms with van der Waals surface area (Å²) in [6.45, 7) is 7.47. The van der Waals surface area contributed by atoms with Crippen LogP contribution in [0.25, 0.3) is 0 Å². The number of allylic oxidation sites excluding steroid dienone is 1. The summed E-state index contributed by atoms with van der Waals surface area (Å²) in [5, 5.41) is 0. The molecule has 0 atom stereocenters. The molecule has 2 nitrogen and oxygen atoms in total. The molecule has 24 heavy (non-hydrogen) atoms. The van der Waals surface area contributed by atoms with Crippen LogP contribution in [-0.4, -0.2) is 5.97 Å². The fraction of sp³-hybridized carbons (Fsp3) is 0.864. The first-order valence-electron chi connectivity index (χ1n) is 10.5. The largest absolute Gasteiger partial charge is 0.432 e. The van der Waals surface area contributed by atoms with Crippen molar-refractivity contribution in [3.05, 3.63) is 12.3 Å². The minimum absolute atomic E-state index is 0.253. The molecule has 0 aromatic carbocycles. The molecule has 0 unspecified atom stereocenters. The lowest BCUT2D eigenvalue weighted by molar-refractivity contribution is -0.137. The maximum Gasteiger partial charge on any atom is 0.307 e. The predicted octanol–water partition coefficient (Wildman–Crippen LogP) is 7.71. The number of hydrogen-bond donors (Lipinski definition) is 0. The minimum Gasteiger partial charge on any atom is -0.432 e. The fourth-order valence-corrected chi connectivity index (χ4v) is 3.12. The zero-order valence-corrected chi connectivity index (χ0v) is 16.5. The van der Waals surface area contributed by atoms with Gasteiger partial charge in [0.1, 0.15) is 5.76 Å².